The molecule has 2 amide bonds. The smallest absolute Gasteiger partial charge is 0.291 e. The van der Waals surface area contributed by atoms with Crippen molar-refractivity contribution in [2.24, 2.45) is 4.99 Å². The summed E-state index contributed by atoms with van der Waals surface area (Å²) in [5.41, 5.74) is 3.27. The third-order valence-corrected chi connectivity index (χ3v) is 6.13. The van der Waals surface area contributed by atoms with Gasteiger partial charge in [-0.25, -0.2) is 4.98 Å². The monoisotopic (exact) mass is 418 g/mol. The molecule has 160 valence electrons. The van der Waals surface area contributed by atoms with Crippen LogP contribution >= 0.6 is 0 Å². The SMILES string of the molecule is CC(=O)N1CCC(c2ccc(NC(=O)c3ncc(C#N)[nH]3)c(C3C=NCCC3)c2)CC1. The van der Waals surface area contributed by atoms with Gasteiger partial charge >= 0.3 is 0 Å². The number of anilines is 1. The van der Waals surface area contributed by atoms with Gasteiger partial charge in [0.25, 0.3) is 5.91 Å². The van der Waals surface area contributed by atoms with E-state index < -0.39 is 0 Å². The molecular weight excluding hydrogens is 392 g/mol. The first-order chi connectivity index (χ1) is 15.0. The molecule has 1 atom stereocenters. The van der Waals surface area contributed by atoms with Crippen molar-refractivity contribution >= 4 is 23.7 Å². The highest BCUT2D eigenvalue weighted by Crippen LogP contribution is 2.35. The number of carbonyl (C=O) groups is 2. The molecule has 2 aliphatic rings. The van der Waals surface area contributed by atoms with Crippen molar-refractivity contribution in [3.05, 3.63) is 47.0 Å². The normalized spacial score (nSPS) is 19.1. The minimum absolute atomic E-state index is 0.112. The molecule has 0 radical (unpaired) electrons. The summed E-state index contributed by atoms with van der Waals surface area (Å²) in [5, 5.41) is 11.9. The largest absolute Gasteiger partial charge is 0.343 e. The van der Waals surface area contributed by atoms with Gasteiger partial charge in [-0.1, -0.05) is 12.1 Å². The fourth-order valence-corrected chi connectivity index (χ4v) is 4.37. The number of nitrogens with one attached hydrogen (secondary N) is 2. The Hall–Kier alpha value is -3.47. The van der Waals surface area contributed by atoms with Crippen LogP contribution in [0.3, 0.4) is 0 Å². The number of aliphatic imine (C=N–C) groups is 1. The molecule has 1 fully saturated rings. The molecule has 3 heterocycles. The van der Waals surface area contributed by atoms with E-state index in [2.05, 4.69) is 32.4 Å². The molecule has 31 heavy (non-hydrogen) atoms. The highest BCUT2D eigenvalue weighted by atomic mass is 16.2. The van der Waals surface area contributed by atoms with Crippen molar-refractivity contribution in [2.75, 3.05) is 25.0 Å². The number of nitrogens with zero attached hydrogens (tertiary/aromatic N) is 4. The number of aromatic amines is 1. The van der Waals surface area contributed by atoms with Gasteiger partial charge in [0.2, 0.25) is 5.91 Å². The van der Waals surface area contributed by atoms with Crippen LogP contribution in [0.5, 0.6) is 0 Å². The molecule has 8 nitrogen and oxygen atoms in total. The number of amides is 2. The van der Waals surface area contributed by atoms with Crippen LogP contribution in [-0.4, -0.2) is 52.5 Å². The summed E-state index contributed by atoms with van der Waals surface area (Å²) in [6, 6.07) is 8.15. The van der Waals surface area contributed by atoms with Crippen LogP contribution in [0.1, 0.15) is 71.9 Å². The van der Waals surface area contributed by atoms with Crippen molar-refractivity contribution in [1.82, 2.24) is 14.9 Å². The van der Waals surface area contributed by atoms with Gasteiger partial charge < -0.3 is 15.2 Å². The van der Waals surface area contributed by atoms with E-state index in [0.717, 1.165) is 56.6 Å². The zero-order valence-electron chi connectivity index (χ0n) is 17.6. The Balaban J connectivity index is 1.58. The number of likely N-dealkylation sites (tertiary alicyclic amines) is 1. The highest BCUT2D eigenvalue weighted by molar-refractivity contribution is 6.02. The number of benzene rings is 1. The molecule has 0 saturated carbocycles. The zero-order valence-corrected chi connectivity index (χ0v) is 17.6. The van der Waals surface area contributed by atoms with Crippen LogP contribution in [-0.2, 0) is 4.79 Å². The molecule has 1 aromatic carbocycles. The van der Waals surface area contributed by atoms with Crippen LogP contribution in [0, 0.1) is 11.3 Å². The Kier molecular flexibility index (Phi) is 6.12. The molecule has 1 unspecified atom stereocenters. The minimum Gasteiger partial charge on any atom is -0.343 e. The second-order valence-electron chi connectivity index (χ2n) is 8.14. The van der Waals surface area contributed by atoms with Gasteiger partial charge in [0, 0.05) is 44.4 Å². The number of aromatic nitrogens is 2. The van der Waals surface area contributed by atoms with Gasteiger partial charge in [-0.05, 0) is 48.8 Å². The van der Waals surface area contributed by atoms with E-state index in [4.69, 9.17) is 5.26 Å². The lowest BCUT2D eigenvalue weighted by Crippen LogP contribution is -2.36. The highest BCUT2D eigenvalue weighted by Gasteiger charge is 2.25. The van der Waals surface area contributed by atoms with Crippen molar-refractivity contribution in [3.63, 3.8) is 0 Å². The van der Waals surface area contributed by atoms with Gasteiger partial charge in [0.05, 0.1) is 6.20 Å². The Bertz CT molecular complexity index is 1040. The van der Waals surface area contributed by atoms with Crippen LogP contribution in [0.25, 0.3) is 0 Å². The minimum atomic E-state index is -0.377. The van der Waals surface area contributed by atoms with Crippen LogP contribution < -0.4 is 5.32 Å². The maximum Gasteiger partial charge on any atom is 0.291 e. The van der Waals surface area contributed by atoms with E-state index >= 15 is 0 Å². The Morgan fingerprint density at radius 3 is 2.71 bits per heavy atom. The summed E-state index contributed by atoms with van der Waals surface area (Å²) in [5.74, 6) is 0.405. The summed E-state index contributed by atoms with van der Waals surface area (Å²) in [4.78, 5) is 37.4. The molecule has 2 N–H and O–H groups in total. The number of rotatable bonds is 4. The molecule has 4 rings (SSSR count). The lowest BCUT2D eigenvalue weighted by atomic mass is 9.84. The van der Waals surface area contributed by atoms with Crippen molar-refractivity contribution in [3.8, 4) is 6.07 Å². The molecule has 1 saturated heterocycles. The predicted molar refractivity (Wildman–Crippen MR) is 117 cm³/mol. The summed E-state index contributed by atoms with van der Waals surface area (Å²) < 4.78 is 0. The van der Waals surface area contributed by atoms with Gasteiger partial charge in [-0.2, -0.15) is 5.26 Å². The lowest BCUT2D eigenvalue weighted by Gasteiger charge is -2.32. The Labute approximate surface area is 181 Å². The molecule has 2 aliphatic heterocycles. The standard InChI is InChI=1S/C23H26N6O2/c1-15(30)29-9-6-16(7-10-29)17-4-5-21(20(11-17)18-3-2-8-25-13-18)28-23(31)22-26-14-19(12-24)27-22/h4-5,11,13-14,16,18H,2-3,6-10H2,1H3,(H,26,27)(H,28,31). The molecular formula is C23H26N6O2. The molecule has 0 spiro atoms. The van der Waals surface area contributed by atoms with Gasteiger partial charge in [0.1, 0.15) is 11.8 Å². The number of nitriles is 1. The van der Waals surface area contributed by atoms with Gasteiger partial charge in [-0.15, -0.1) is 0 Å². The van der Waals surface area contributed by atoms with E-state index in [9.17, 15) is 9.59 Å². The first kappa shape index (κ1) is 20.8. The van der Waals surface area contributed by atoms with E-state index in [1.807, 2.05) is 23.3 Å². The van der Waals surface area contributed by atoms with Gasteiger partial charge in [0.15, 0.2) is 5.82 Å². The average Bonchev–Trinajstić information content (AvgIpc) is 3.29. The van der Waals surface area contributed by atoms with Crippen molar-refractivity contribution in [2.45, 2.75) is 44.4 Å². The maximum absolute atomic E-state index is 12.7. The number of hydrogen-bond acceptors (Lipinski definition) is 5. The van der Waals surface area contributed by atoms with E-state index in [-0.39, 0.29) is 29.3 Å². The molecule has 1 aromatic heterocycles. The van der Waals surface area contributed by atoms with E-state index in [1.165, 1.54) is 11.8 Å². The number of piperidine rings is 1. The van der Waals surface area contributed by atoms with Crippen molar-refractivity contribution < 1.29 is 9.59 Å². The average molecular weight is 419 g/mol. The van der Waals surface area contributed by atoms with Crippen LogP contribution in [0.2, 0.25) is 0 Å². The summed E-state index contributed by atoms with van der Waals surface area (Å²) in [6.45, 7) is 4.01. The second-order valence-corrected chi connectivity index (χ2v) is 8.14. The maximum atomic E-state index is 12.7. The molecule has 0 bridgehead atoms. The number of H-pyrrole nitrogens is 1. The fourth-order valence-electron chi connectivity index (χ4n) is 4.37. The number of carbonyl (C=O) groups excluding carboxylic acids is 2. The second kappa shape index (κ2) is 9.13. The summed E-state index contributed by atoms with van der Waals surface area (Å²) >= 11 is 0. The first-order valence-electron chi connectivity index (χ1n) is 10.7. The van der Waals surface area contributed by atoms with E-state index in [0.29, 0.717) is 5.92 Å². The summed E-state index contributed by atoms with van der Waals surface area (Å²) in [6.07, 6.45) is 7.20. The van der Waals surface area contributed by atoms with Crippen molar-refractivity contribution in [1.29, 1.82) is 5.26 Å². The molecule has 0 aliphatic carbocycles. The lowest BCUT2D eigenvalue weighted by molar-refractivity contribution is -0.129. The van der Waals surface area contributed by atoms with Gasteiger partial charge in [-0.3, -0.25) is 14.6 Å². The van der Waals surface area contributed by atoms with E-state index in [1.54, 1.807) is 6.92 Å². The predicted octanol–water partition coefficient (Wildman–Crippen LogP) is 3.21. The molecule has 8 heteroatoms. The third-order valence-electron chi connectivity index (χ3n) is 6.13. The first-order valence-corrected chi connectivity index (χ1v) is 10.7. The van der Waals surface area contributed by atoms with Crippen LogP contribution in [0.4, 0.5) is 5.69 Å². The number of hydrogen-bond donors (Lipinski definition) is 2. The number of imidazole rings is 1. The quantitative estimate of drug-likeness (QED) is 0.793. The topological polar surface area (TPSA) is 114 Å². The Morgan fingerprint density at radius 1 is 1.26 bits per heavy atom. The summed E-state index contributed by atoms with van der Waals surface area (Å²) in [7, 11) is 0. The Morgan fingerprint density at radius 2 is 2.06 bits per heavy atom. The zero-order chi connectivity index (χ0) is 21.8. The fraction of sp³-hybridized carbons (Fsp3) is 0.435. The third kappa shape index (κ3) is 4.66. The molecule has 2 aromatic rings. The van der Waals surface area contributed by atoms with Crippen LogP contribution in [0.15, 0.2) is 29.4 Å².